The Kier molecular flexibility index (Phi) is 2.66. The zero-order valence-electron chi connectivity index (χ0n) is 6.98. The van der Waals surface area contributed by atoms with E-state index in [9.17, 15) is 4.39 Å². The van der Waals surface area contributed by atoms with Crippen LogP contribution in [0.1, 0.15) is 25.7 Å². The van der Waals surface area contributed by atoms with Gasteiger partial charge in [-0.05, 0) is 12.8 Å². The van der Waals surface area contributed by atoms with Gasteiger partial charge in [-0.3, -0.25) is 0 Å². The lowest BCUT2D eigenvalue weighted by Crippen LogP contribution is -2.36. The molecule has 11 heavy (non-hydrogen) atoms. The highest BCUT2D eigenvalue weighted by atomic mass is 19.2. The van der Waals surface area contributed by atoms with Crippen LogP contribution in [0.25, 0.3) is 0 Å². The van der Waals surface area contributed by atoms with Gasteiger partial charge in [0.1, 0.15) is 0 Å². The molecule has 0 radical (unpaired) electrons. The molecule has 64 valence electrons. The normalized spacial score (nSPS) is 38.5. The average Bonchev–Trinajstić information content (AvgIpc) is 2.05. The standard InChI is InChI=1S/C9H15FO/c1-3-8-6-4-5-7-9(8,10)11-2/h3,8H,1,4-7H2,2H3. The highest BCUT2D eigenvalue weighted by Gasteiger charge is 2.39. The Balaban J connectivity index is 2.64. The van der Waals surface area contributed by atoms with E-state index in [1.165, 1.54) is 7.11 Å². The Labute approximate surface area is 67.2 Å². The summed E-state index contributed by atoms with van der Waals surface area (Å²) >= 11 is 0. The zero-order valence-corrected chi connectivity index (χ0v) is 6.98. The molecule has 1 nitrogen and oxygen atoms in total. The third-order valence-corrected chi connectivity index (χ3v) is 2.46. The van der Waals surface area contributed by atoms with Crippen molar-refractivity contribution < 1.29 is 9.13 Å². The van der Waals surface area contributed by atoms with Crippen LogP contribution in [0, 0.1) is 5.92 Å². The molecule has 1 aliphatic carbocycles. The fourth-order valence-electron chi connectivity index (χ4n) is 1.68. The van der Waals surface area contributed by atoms with Crippen LogP contribution in [0.2, 0.25) is 0 Å². The molecule has 2 heteroatoms. The van der Waals surface area contributed by atoms with E-state index in [0.29, 0.717) is 6.42 Å². The summed E-state index contributed by atoms with van der Waals surface area (Å²) in [5.74, 6) is -1.54. The van der Waals surface area contributed by atoms with E-state index in [1.54, 1.807) is 6.08 Å². The molecular weight excluding hydrogens is 143 g/mol. The lowest BCUT2D eigenvalue weighted by molar-refractivity contribution is -0.167. The molecule has 0 N–H and O–H groups in total. The molecule has 0 aromatic rings. The molecule has 0 aromatic carbocycles. The highest BCUT2D eigenvalue weighted by Crippen LogP contribution is 2.38. The van der Waals surface area contributed by atoms with Crippen molar-refractivity contribution in [1.82, 2.24) is 0 Å². The first-order valence-corrected chi connectivity index (χ1v) is 4.09. The summed E-state index contributed by atoms with van der Waals surface area (Å²) in [7, 11) is 1.43. The minimum Gasteiger partial charge on any atom is -0.349 e. The second kappa shape index (κ2) is 3.35. The molecule has 2 atom stereocenters. The van der Waals surface area contributed by atoms with Crippen LogP contribution in [0.5, 0.6) is 0 Å². The maximum absolute atomic E-state index is 13.7. The van der Waals surface area contributed by atoms with Crippen LogP contribution < -0.4 is 0 Å². The molecule has 0 aliphatic heterocycles. The number of hydrogen-bond acceptors (Lipinski definition) is 1. The average molecular weight is 158 g/mol. The van der Waals surface area contributed by atoms with Gasteiger partial charge in [0.2, 0.25) is 5.85 Å². The van der Waals surface area contributed by atoms with E-state index in [0.717, 1.165) is 19.3 Å². The number of hydrogen-bond donors (Lipinski definition) is 0. The van der Waals surface area contributed by atoms with Gasteiger partial charge in [-0.1, -0.05) is 12.5 Å². The van der Waals surface area contributed by atoms with Gasteiger partial charge >= 0.3 is 0 Å². The van der Waals surface area contributed by atoms with E-state index in [2.05, 4.69) is 6.58 Å². The number of rotatable bonds is 2. The van der Waals surface area contributed by atoms with E-state index in [4.69, 9.17) is 4.74 Å². The van der Waals surface area contributed by atoms with Crippen LogP contribution >= 0.6 is 0 Å². The van der Waals surface area contributed by atoms with Crippen molar-refractivity contribution in [2.75, 3.05) is 7.11 Å². The van der Waals surface area contributed by atoms with Gasteiger partial charge in [-0.25, -0.2) is 4.39 Å². The molecule has 0 aromatic heterocycles. The number of ether oxygens (including phenoxy) is 1. The number of methoxy groups -OCH3 is 1. The fourth-order valence-corrected chi connectivity index (χ4v) is 1.68. The molecule has 0 amide bonds. The van der Waals surface area contributed by atoms with Crippen LogP contribution in [0.15, 0.2) is 12.7 Å². The summed E-state index contributed by atoms with van der Waals surface area (Å²) in [5, 5.41) is 0. The number of halogens is 1. The minimum absolute atomic E-state index is 0.110. The van der Waals surface area contributed by atoms with Gasteiger partial charge in [0, 0.05) is 19.4 Å². The third kappa shape index (κ3) is 1.62. The van der Waals surface area contributed by atoms with Crippen LogP contribution in [0.3, 0.4) is 0 Å². The second-order valence-electron chi connectivity index (χ2n) is 3.08. The molecule has 1 saturated carbocycles. The van der Waals surface area contributed by atoms with Gasteiger partial charge in [0.15, 0.2) is 0 Å². The Morgan fingerprint density at radius 1 is 1.64 bits per heavy atom. The number of alkyl halides is 1. The lowest BCUT2D eigenvalue weighted by Gasteiger charge is -2.34. The summed E-state index contributed by atoms with van der Waals surface area (Å²) in [6.45, 7) is 3.61. The Morgan fingerprint density at radius 3 is 2.82 bits per heavy atom. The predicted octanol–water partition coefficient (Wildman–Crippen LogP) is 2.67. The van der Waals surface area contributed by atoms with Gasteiger partial charge in [-0.2, -0.15) is 0 Å². The molecule has 0 saturated heterocycles. The van der Waals surface area contributed by atoms with E-state index >= 15 is 0 Å². The SMILES string of the molecule is C=CC1CCCCC1(F)OC. The van der Waals surface area contributed by atoms with Crippen molar-refractivity contribution in [1.29, 1.82) is 0 Å². The second-order valence-corrected chi connectivity index (χ2v) is 3.08. The van der Waals surface area contributed by atoms with Gasteiger partial charge in [-0.15, -0.1) is 6.58 Å². The Bertz CT molecular complexity index is 146. The first-order valence-electron chi connectivity index (χ1n) is 4.09. The van der Waals surface area contributed by atoms with Crippen molar-refractivity contribution in [3.05, 3.63) is 12.7 Å². The van der Waals surface area contributed by atoms with Crippen molar-refractivity contribution in [3.63, 3.8) is 0 Å². The Morgan fingerprint density at radius 2 is 2.36 bits per heavy atom. The lowest BCUT2D eigenvalue weighted by atomic mass is 9.84. The van der Waals surface area contributed by atoms with Crippen LogP contribution in [-0.4, -0.2) is 13.0 Å². The molecule has 0 bridgehead atoms. The van der Waals surface area contributed by atoms with E-state index in [1.807, 2.05) is 0 Å². The maximum Gasteiger partial charge on any atom is 0.215 e. The minimum atomic E-state index is -1.43. The summed E-state index contributed by atoms with van der Waals surface area (Å²) < 4.78 is 18.5. The summed E-state index contributed by atoms with van der Waals surface area (Å²) in [6, 6.07) is 0. The van der Waals surface area contributed by atoms with Crippen molar-refractivity contribution in [2.45, 2.75) is 31.5 Å². The maximum atomic E-state index is 13.7. The molecule has 1 aliphatic rings. The van der Waals surface area contributed by atoms with Crippen molar-refractivity contribution >= 4 is 0 Å². The van der Waals surface area contributed by atoms with E-state index < -0.39 is 5.85 Å². The van der Waals surface area contributed by atoms with Crippen LogP contribution in [0.4, 0.5) is 4.39 Å². The van der Waals surface area contributed by atoms with Crippen molar-refractivity contribution in [2.24, 2.45) is 5.92 Å². The topological polar surface area (TPSA) is 9.23 Å². The molecule has 0 spiro atoms. The first kappa shape index (κ1) is 8.72. The predicted molar refractivity (Wildman–Crippen MR) is 43.0 cm³/mol. The quantitative estimate of drug-likeness (QED) is 0.561. The molecule has 1 rings (SSSR count). The summed E-state index contributed by atoms with van der Waals surface area (Å²) in [4.78, 5) is 0. The summed E-state index contributed by atoms with van der Waals surface area (Å²) in [5.41, 5.74) is 0. The molecule has 0 heterocycles. The van der Waals surface area contributed by atoms with E-state index in [-0.39, 0.29) is 5.92 Å². The Hall–Kier alpha value is -0.370. The first-order chi connectivity index (χ1) is 5.23. The molecular formula is C9H15FO. The van der Waals surface area contributed by atoms with Gasteiger partial charge < -0.3 is 4.74 Å². The van der Waals surface area contributed by atoms with Gasteiger partial charge in [0.05, 0.1) is 0 Å². The zero-order chi connectivity index (χ0) is 8.32. The van der Waals surface area contributed by atoms with Gasteiger partial charge in [0.25, 0.3) is 0 Å². The molecule has 1 fully saturated rings. The van der Waals surface area contributed by atoms with Crippen molar-refractivity contribution in [3.8, 4) is 0 Å². The third-order valence-electron chi connectivity index (χ3n) is 2.46. The summed E-state index contributed by atoms with van der Waals surface area (Å²) in [6.07, 6.45) is 5.07. The van der Waals surface area contributed by atoms with Crippen LogP contribution in [-0.2, 0) is 4.74 Å². The fraction of sp³-hybridized carbons (Fsp3) is 0.778. The highest BCUT2D eigenvalue weighted by molar-refractivity contribution is 4.93. The smallest absolute Gasteiger partial charge is 0.215 e. The molecule has 2 unspecified atom stereocenters. The monoisotopic (exact) mass is 158 g/mol. The largest absolute Gasteiger partial charge is 0.349 e.